The molecule has 2 N–H and O–H groups in total. The van der Waals surface area contributed by atoms with Crippen molar-refractivity contribution in [2.24, 2.45) is 0 Å². The minimum Gasteiger partial charge on any atom is -0.349 e. The molecule has 0 unspecified atom stereocenters. The summed E-state index contributed by atoms with van der Waals surface area (Å²) in [4.78, 5) is 11.8. The number of amides is 1. The first-order chi connectivity index (χ1) is 9.44. The van der Waals surface area contributed by atoms with Gasteiger partial charge >= 0.3 is 0 Å². The van der Waals surface area contributed by atoms with Crippen LogP contribution in [0.2, 0.25) is 5.02 Å². The van der Waals surface area contributed by atoms with E-state index in [9.17, 15) is 13.2 Å². The Morgan fingerprint density at radius 1 is 1.45 bits per heavy atom. The highest BCUT2D eigenvalue weighted by atomic mass is 35.5. The summed E-state index contributed by atoms with van der Waals surface area (Å²) in [7, 11) is -3.76. The third-order valence-electron chi connectivity index (χ3n) is 2.81. The highest BCUT2D eigenvalue weighted by Crippen LogP contribution is 2.24. The number of hydrogen-bond donors (Lipinski definition) is 2. The minimum absolute atomic E-state index is 0.0736. The van der Waals surface area contributed by atoms with Gasteiger partial charge in [0.1, 0.15) is 4.90 Å². The molecule has 1 aliphatic carbocycles. The molecule has 1 aliphatic rings. The predicted octanol–water partition coefficient (Wildman–Crippen LogP) is 1.70. The molecule has 108 valence electrons. The second-order valence-corrected chi connectivity index (χ2v) is 6.68. The quantitative estimate of drug-likeness (QED) is 0.785. The highest BCUT2D eigenvalue weighted by molar-refractivity contribution is 7.89. The average Bonchev–Trinajstić information content (AvgIpc) is 3.20. The van der Waals surface area contributed by atoms with Crippen molar-refractivity contribution in [2.45, 2.75) is 23.8 Å². The first-order valence-electron chi connectivity index (χ1n) is 6.15. The number of hydrogen-bond acceptors (Lipinski definition) is 3. The molecule has 0 aromatic heterocycles. The molecule has 1 saturated carbocycles. The standard InChI is InChI=1S/C13H15ClN2O3S/c1-2-7-15-20(18,19)12-8-9(3-6-11(12)14)13(17)16-10-4-5-10/h2-3,6,8,10,15H,1,4-5,7H2,(H,16,17). The van der Waals surface area contributed by atoms with Gasteiger partial charge in [-0.3, -0.25) is 4.79 Å². The summed E-state index contributed by atoms with van der Waals surface area (Å²) >= 11 is 5.91. The fourth-order valence-electron chi connectivity index (χ4n) is 1.59. The zero-order valence-corrected chi connectivity index (χ0v) is 12.3. The van der Waals surface area contributed by atoms with Crippen LogP contribution in [0.1, 0.15) is 23.2 Å². The fourth-order valence-corrected chi connectivity index (χ4v) is 3.12. The number of nitrogens with one attached hydrogen (secondary N) is 2. The molecule has 20 heavy (non-hydrogen) atoms. The molecule has 0 heterocycles. The molecule has 5 nitrogen and oxygen atoms in total. The van der Waals surface area contributed by atoms with Crippen molar-refractivity contribution in [3.05, 3.63) is 41.4 Å². The van der Waals surface area contributed by atoms with E-state index in [1.54, 1.807) is 0 Å². The van der Waals surface area contributed by atoms with Gasteiger partial charge in [-0.2, -0.15) is 0 Å². The van der Waals surface area contributed by atoms with Crippen LogP contribution in [0.5, 0.6) is 0 Å². The molecular formula is C13H15ClN2O3S. The highest BCUT2D eigenvalue weighted by Gasteiger charge is 2.25. The van der Waals surface area contributed by atoms with Crippen LogP contribution in [-0.4, -0.2) is 26.9 Å². The van der Waals surface area contributed by atoms with E-state index < -0.39 is 10.0 Å². The lowest BCUT2D eigenvalue weighted by atomic mass is 10.2. The first kappa shape index (κ1) is 15.0. The van der Waals surface area contributed by atoms with Gasteiger partial charge in [0.15, 0.2) is 0 Å². The van der Waals surface area contributed by atoms with Gasteiger partial charge in [0, 0.05) is 18.2 Å². The number of rotatable bonds is 6. The molecule has 1 aromatic rings. The van der Waals surface area contributed by atoms with Crippen molar-refractivity contribution in [1.82, 2.24) is 10.0 Å². The van der Waals surface area contributed by atoms with Crippen molar-refractivity contribution in [3.63, 3.8) is 0 Å². The molecule has 0 atom stereocenters. The van der Waals surface area contributed by atoms with Crippen LogP contribution in [0.3, 0.4) is 0 Å². The van der Waals surface area contributed by atoms with E-state index in [1.165, 1.54) is 24.3 Å². The predicted molar refractivity (Wildman–Crippen MR) is 77.3 cm³/mol. The lowest BCUT2D eigenvalue weighted by Gasteiger charge is -2.09. The van der Waals surface area contributed by atoms with Crippen LogP contribution in [0.15, 0.2) is 35.7 Å². The molecule has 0 aliphatic heterocycles. The molecule has 1 amide bonds. The third kappa shape index (κ3) is 3.59. The van der Waals surface area contributed by atoms with E-state index in [0.717, 1.165) is 12.8 Å². The minimum atomic E-state index is -3.76. The summed E-state index contributed by atoms with van der Waals surface area (Å²) in [6, 6.07) is 4.40. The van der Waals surface area contributed by atoms with Gasteiger partial charge in [0.25, 0.3) is 5.91 Å². The van der Waals surface area contributed by atoms with Crippen molar-refractivity contribution < 1.29 is 13.2 Å². The van der Waals surface area contributed by atoms with Gasteiger partial charge in [0.05, 0.1) is 5.02 Å². The van der Waals surface area contributed by atoms with Crippen LogP contribution < -0.4 is 10.0 Å². The smallest absolute Gasteiger partial charge is 0.251 e. The van der Waals surface area contributed by atoms with Gasteiger partial charge in [0.2, 0.25) is 10.0 Å². The summed E-state index contributed by atoms with van der Waals surface area (Å²) in [6.45, 7) is 3.54. The monoisotopic (exact) mass is 314 g/mol. The van der Waals surface area contributed by atoms with E-state index >= 15 is 0 Å². The maximum atomic E-state index is 12.0. The van der Waals surface area contributed by atoms with Gasteiger partial charge in [-0.1, -0.05) is 17.7 Å². The van der Waals surface area contributed by atoms with Crippen molar-refractivity contribution in [3.8, 4) is 0 Å². The summed E-state index contributed by atoms with van der Waals surface area (Å²) in [6.07, 6.45) is 3.35. The Bertz CT molecular complexity index is 639. The zero-order valence-electron chi connectivity index (χ0n) is 10.7. The van der Waals surface area contributed by atoms with Crippen molar-refractivity contribution >= 4 is 27.5 Å². The van der Waals surface area contributed by atoms with Crippen LogP contribution in [-0.2, 0) is 10.0 Å². The number of benzene rings is 1. The lowest BCUT2D eigenvalue weighted by Crippen LogP contribution is -2.27. The van der Waals surface area contributed by atoms with Crippen LogP contribution in [0, 0.1) is 0 Å². The maximum Gasteiger partial charge on any atom is 0.251 e. The number of halogens is 1. The van der Waals surface area contributed by atoms with Crippen molar-refractivity contribution in [1.29, 1.82) is 0 Å². The summed E-state index contributed by atoms with van der Waals surface area (Å²) in [5.74, 6) is -0.288. The molecule has 0 saturated heterocycles. The van der Waals surface area contributed by atoms with Crippen LogP contribution in [0.25, 0.3) is 0 Å². The van der Waals surface area contributed by atoms with E-state index in [1.807, 2.05) is 0 Å². The number of sulfonamides is 1. The van der Waals surface area contributed by atoms with E-state index in [-0.39, 0.29) is 34.0 Å². The van der Waals surface area contributed by atoms with Gasteiger partial charge in [-0.25, -0.2) is 13.1 Å². The van der Waals surface area contributed by atoms with E-state index in [0.29, 0.717) is 0 Å². The molecule has 0 radical (unpaired) electrons. The number of carbonyl (C=O) groups is 1. The first-order valence-corrected chi connectivity index (χ1v) is 8.01. The second kappa shape index (κ2) is 5.95. The Kier molecular flexibility index (Phi) is 4.47. The number of carbonyl (C=O) groups excluding carboxylic acids is 1. The Labute approximate surface area is 123 Å². The zero-order chi connectivity index (χ0) is 14.8. The van der Waals surface area contributed by atoms with E-state index in [2.05, 4.69) is 16.6 Å². The second-order valence-electron chi connectivity index (χ2n) is 4.53. The molecule has 7 heteroatoms. The van der Waals surface area contributed by atoms with Gasteiger partial charge in [-0.05, 0) is 31.0 Å². The largest absolute Gasteiger partial charge is 0.349 e. The van der Waals surface area contributed by atoms with Crippen molar-refractivity contribution in [2.75, 3.05) is 6.54 Å². The molecular weight excluding hydrogens is 300 g/mol. The third-order valence-corrected chi connectivity index (χ3v) is 4.72. The Balaban J connectivity index is 2.27. The molecule has 0 spiro atoms. The Morgan fingerprint density at radius 3 is 2.75 bits per heavy atom. The van der Waals surface area contributed by atoms with Crippen LogP contribution >= 0.6 is 11.6 Å². The molecule has 1 fully saturated rings. The normalized spacial score (nSPS) is 14.8. The molecule has 1 aromatic carbocycles. The molecule has 0 bridgehead atoms. The lowest BCUT2D eigenvalue weighted by molar-refractivity contribution is 0.0951. The fraction of sp³-hybridized carbons (Fsp3) is 0.308. The molecule has 2 rings (SSSR count). The van der Waals surface area contributed by atoms with Crippen LogP contribution in [0.4, 0.5) is 0 Å². The SMILES string of the molecule is C=CCNS(=O)(=O)c1cc(C(=O)NC2CC2)ccc1Cl. The van der Waals surface area contributed by atoms with Gasteiger partial charge in [-0.15, -0.1) is 6.58 Å². The summed E-state index contributed by atoms with van der Waals surface area (Å²) in [5.41, 5.74) is 0.278. The Morgan fingerprint density at radius 2 is 2.15 bits per heavy atom. The summed E-state index contributed by atoms with van der Waals surface area (Å²) in [5, 5.41) is 2.87. The maximum absolute atomic E-state index is 12.0. The topological polar surface area (TPSA) is 75.3 Å². The Hall–Kier alpha value is -1.37. The van der Waals surface area contributed by atoms with Gasteiger partial charge < -0.3 is 5.32 Å². The summed E-state index contributed by atoms with van der Waals surface area (Å²) < 4.78 is 26.4. The van der Waals surface area contributed by atoms with E-state index in [4.69, 9.17) is 11.6 Å². The average molecular weight is 315 g/mol.